The molecule has 118 valence electrons. The number of anilines is 3. The fourth-order valence-electron chi connectivity index (χ4n) is 2.16. The van der Waals surface area contributed by atoms with Gasteiger partial charge in [-0.2, -0.15) is 4.98 Å². The highest BCUT2D eigenvalue weighted by Gasteiger charge is 2.06. The van der Waals surface area contributed by atoms with Crippen molar-refractivity contribution in [3.8, 4) is 0 Å². The molecule has 0 aliphatic rings. The van der Waals surface area contributed by atoms with E-state index < -0.39 is 0 Å². The molecule has 0 radical (unpaired) electrons. The van der Waals surface area contributed by atoms with Gasteiger partial charge < -0.3 is 15.1 Å². The summed E-state index contributed by atoms with van der Waals surface area (Å²) < 4.78 is 5.29. The van der Waals surface area contributed by atoms with Crippen LogP contribution in [0.3, 0.4) is 0 Å². The summed E-state index contributed by atoms with van der Waals surface area (Å²) in [4.78, 5) is 8.87. The number of hydrogen-bond acceptors (Lipinski definition) is 5. The molecule has 2 aromatic heterocycles. The van der Waals surface area contributed by atoms with Crippen molar-refractivity contribution in [2.45, 2.75) is 20.4 Å². The third-order valence-corrected chi connectivity index (χ3v) is 3.55. The molecule has 0 aliphatic carbocycles. The van der Waals surface area contributed by atoms with E-state index in [1.54, 1.807) is 6.26 Å². The number of benzene rings is 1. The minimum Gasteiger partial charge on any atom is -0.467 e. The molecule has 0 aliphatic heterocycles. The lowest BCUT2D eigenvalue weighted by Crippen LogP contribution is -2.06. The summed E-state index contributed by atoms with van der Waals surface area (Å²) in [7, 11) is 0. The van der Waals surface area contributed by atoms with E-state index in [4.69, 9.17) is 16.0 Å². The number of hydrogen-bond donors (Lipinski definition) is 2. The van der Waals surface area contributed by atoms with Gasteiger partial charge in [-0.3, -0.25) is 0 Å². The van der Waals surface area contributed by atoms with Crippen molar-refractivity contribution in [1.29, 1.82) is 0 Å². The van der Waals surface area contributed by atoms with Crippen LogP contribution in [0.15, 0.2) is 47.1 Å². The van der Waals surface area contributed by atoms with Crippen LogP contribution in [0.25, 0.3) is 0 Å². The molecule has 0 amide bonds. The molecular formula is C17H17ClN4O. The molecule has 0 atom stereocenters. The molecule has 0 spiro atoms. The second-order valence-electron chi connectivity index (χ2n) is 5.24. The van der Waals surface area contributed by atoms with E-state index in [0.29, 0.717) is 23.3 Å². The minimum atomic E-state index is 0.534. The fraction of sp³-hybridized carbons (Fsp3) is 0.176. The fourth-order valence-corrected chi connectivity index (χ4v) is 2.33. The number of nitrogens with zero attached hydrogens (tertiary/aromatic N) is 2. The molecule has 23 heavy (non-hydrogen) atoms. The SMILES string of the molecule is Cc1cc(Nc2cc(Cl)ccc2C)nc(NCc2ccco2)n1. The Bertz CT molecular complexity index is 802. The van der Waals surface area contributed by atoms with Crippen molar-refractivity contribution in [3.05, 3.63) is 64.7 Å². The van der Waals surface area contributed by atoms with Crippen molar-refractivity contribution >= 4 is 29.1 Å². The summed E-state index contributed by atoms with van der Waals surface area (Å²) in [5.74, 6) is 2.09. The Kier molecular flexibility index (Phi) is 4.48. The van der Waals surface area contributed by atoms with E-state index in [1.807, 2.05) is 50.2 Å². The molecule has 1 aromatic carbocycles. The van der Waals surface area contributed by atoms with Gasteiger partial charge in [-0.15, -0.1) is 0 Å². The average Bonchev–Trinajstić information content (AvgIpc) is 3.02. The summed E-state index contributed by atoms with van der Waals surface area (Å²) in [5, 5.41) is 7.13. The molecule has 6 heteroatoms. The van der Waals surface area contributed by atoms with E-state index in [9.17, 15) is 0 Å². The van der Waals surface area contributed by atoms with E-state index >= 15 is 0 Å². The van der Waals surface area contributed by atoms with Crippen LogP contribution in [0.2, 0.25) is 5.02 Å². The number of furan rings is 1. The molecule has 0 saturated heterocycles. The Morgan fingerprint density at radius 3 is 2.78 bits per heavy atom. The topological polar surface area (TPSA) is 63.0 Å². The van der Waals surface area contributed by atoms with Gasteiger partial charge in [0.15, 0.2) is 0 Å². The monoisotopic (exact) mass is 328 g/mol. The molecule has 0 bridgehead atoms. The van der Waals surface area contributed by atoms with Gasteiger partial charge in [-0.05, 0) is 43.7 Å². The minimum absolute atomic E-state index is 0.534. The maximum absolute atomic E-state index is 6.06. The summed E-state index contributed by atoms with van der Waals surface area (Å²) in [6, 6.07) is 11.3. The van der Waals surface area contributed by atoms with Crippen LogP contribution in [0.4, 0.5) is 17.5 Å². The highest BCUT2D eigenvalue weighted by atomic mass is 35.5. The Morgan fingerprint density at radius 1 is 1.13 bits per heavy atom. The molecule has 5 nitrogen and oxygen atoms in total. The normalized spacial score (nSPS) is 10.6. The van der Waals surface area contributed by atoms with Crippen LogP contribution >= 0.6 is 11.6 Å². The van der Waals surface area contributed by atoms with Gasteiger partial charge in [0.2, 0.25) is 5.95 Å². The third-order valence-electron chi connectivity index (χ3n) is 3.32. The maximum atomic E-state index is 6.06. The Morgan fingerprint density at radius 2 is 2.00 bits per heavy atom. The summed E-state index contributed by atoms with van der Waals surface area (Å²) in [6.07, 6.45) is 1.64. The zero-order valence-electron chi connectivity index (χ0n) is 12.9. The van der Waals surface area contributed by atoms with E-state index in [0.717, 1.165) is 22.7 Å². The number of aromatic nitrogens is 2. The Hall–Kier alpha value is -2.53. The van der Waals surface area contributed by atoms with Crippen LogP contribution in [-0.4, -0.2) is 9.97 Å². The summed E-state index contributed by atoms with van der Waals surface area (Å²) in [6.45, 7) is 4.48. The molecule has 2 heterocycles. The molecule has 0 saturated carbocycles. The van der Waals surface area contributed by atoms with Crippen molar-refractivity contribution in [3.63, 3.8) is 0 Å². The van der Waals surface area contributed by atoms with Crippen molar-refractivity contribution in [2.24, 2.45) is 0 Å². The smallest absolute Gasteiger partial charge is 0.225 e. The van der Waals surface area contributed by atoms with Gasteiger partial charge in [0.25, 0.3) is 0 Å². The van der Waals surface area contributed by atoms with Crippen LogP contribution in [0.1, 0.15) is 17.0 Å². The van der Waals surface area contributed by atoms with E-state index in [2.05, 4.69) is 20.6 Å². The zero-order chi connectivity index (χ0) is 16.2. The predicted molar refractivity (Wildman–Crippen MR) is 92.3 cm³/mol. The molecule has 2 N–H and O–H groups in total. The van der Waals surface area contributed by atoms with Crippen LogP contribution in [0.5, 0.6) is 0 Å². The third kappa shape index (κ3) is 4.02. The molecule has 3 rings (SSSR count). The first-order valence-electron chi connectivity index (χ1n) is 7.25. The number of rotatable bonds is 5. The van der Waals surface area contributed by atoms with E-state index in [-0.39, 0.29) is 0 Å². The van der Waals surface area contributed by atoms with Gasteiger partial charge >= 0.3 is 0 Å². The van der Waals surface area contributed by atoms with Crippen molar-refractivity contribution in [1.82, 2.24) is 9.97 Å². The number of aryl methyl sites for hydroxylation is 2. The molecule has 3 aromatic rings. The maximum Gasteiger partial charge on any atom is 0.225 e. The predicted octanol–water partition coefficient (Wildman–Crippen LogP) is 4.70. The van der Waals surface area contributed by atoms with Gasteiger partial charge in [0.1, 0.15) is 11.6 Å². The van der Waals surface area contributed by atoms with Gasteiger partial charge in [-0.1, -0.05) is 17.7 Å². The lowest BCUT2D eigenvalue weighted by Gasteiger charge is -2.11. The first-order chi connectivity index (χ1) is 11.1. The van der Waals surface area contributed by atoms with Crippen molar-refractivity contribution < 1.29 is 4.42 Å². The molecule has 0 unspecified atom stereocenters. The second-order valence-corrected chi connectivity index (χ2v) is 5.67. The highest BCUT2D eigenvalue weighted by molar-refractivity contribution is 6.30. The van der Waals surface area contributed by atoms with Gasteiger partial charge in [0, 0.05) is 22.5 Å². The largest absolute Gasteiger partial charge is 0.467 e. The molecular weight excluding hydrogens is 312 g/mol. The number of halogens is 1. The summed E-state index contributed by atoms with van der Waals surface area (Å²) >= 11 is 6.06. The zero-order valence-corrected chi connectivity index (χ0v) is 13.7. The first-order valence-corrected chi connectivity index (χ1v) is 7.63. The Labute approximate surface area is 139 Å². The summed E-state index contributed by atoms with van der Waals surface area (Å²) in [5.41, 5.74) is 2.88. The Balaban J connectivity index is 1.78. The number of nitrogens with one attached hydrogen (secondary N) is 2. The lowest BCUT2D eigenvalue weighted by atomic mass is 10.2. The van der Waals surface area contributed by atoms with Gasteiger partial charge in [-0.25, -0.2) is 4.98 Å². The van der Waals surface area contributed by atoms with Crippen LogP contribution in [-0.2, 0) is 6.54 Å². The highest BCUT2D eigenvalue weighted by Crippen LogP contribution is 2.24. The average molecular weight is 329 g/mol. The second kappa shape index (κ2) is 6.71. The lowest BCUT2D eigenvalue weighted by molar-refractivity contribution is 0.517. The van der Waals surface area contributed by atoms with Crippen LogP contribution in [0, 0.1) is 13.8 Å². The quantitative estimate of drug-likeness (QED) is 0.711. The molecule has 0 fully saturated rings. The first kappa shape index (κ1) is 15.4. The van der Waals surface area contributed by atoms with Crippen molar-refractivity contribution in [2.75, 3.05) is 10.6 Å². The standard InChI is InChI=1S/C17H17ClN4O/c1-11-5-6-13(18)9-15(11)21-16-8-12(2)20-17(22-16)19-10-14-4-3-7-23-14/h3-9H,10H2,1-2H3,(H2,19,20,21,22). The van der Waals surface area contributed by atoms with E-state index in [1.165, 1.54) is 0 Å². The van der Waals surface area contributed by atoms with Crippen LogP contribution < -0.4 is 10.6 Å². The van der Waals surface area contributed by atoms with Gasteiger partial charge in [0.05, 0.1) is 12.8 Å².